The van der Waals surface area contributed by atoms with Gasteiger partial charge in [0.05, 0.1) is 5.02 Å². The van der Waals surface area contributed by atoms with E-state index in [2.05, 4.69) is 15.4 Å². The van der Waals surface area contributed by atoms with Crippen molar-refractivity contribution in [2.45, 2.75) is 52.0 Å². The summed E-state index contributed by atoms with van der Waals surface area (Å²) >= 11 is 6.09. The van der Waals surface area contributed by atoms with Gasteiger partial charge in [-0.3, -0.25) is 9.59 Å². The number of hydrogen-bond donors (Lipinski definition) is 3. The van der Waals surface area contributed by atoms with Gasteiger partial charge in [-0.15, -0.1) is 0 Å². The number of nitrogens with one attached hydrogen (secondary N) is 3. The maximum absolute atomic E-state index is 12.7. The molecule has 0 bridgehead atoms. The smallest absolute Gasteiger partial charge is 0.255 e. The minimum atomic E-state index is -3.92. The van der Waals surface area contributed by atoms with Crippen molar-refractivity contribution in [1.82, 2.24) is 4.72 Å². The summed E-state index contributed by atoms with van der Waals surface area (Å²) in [5, 5.41) is 5.52. The maximum Gasteiger partial charge on any atom is 0.255 e. The van der Waals surface area contributed by atoms with E-state index in [1.165, 1.54) is 18.2 Å². The molecule has 0 aliphatic carbocycles. The van der Waals surface area contributed by atoms with Gasteiger partial charge in [0.15, 0.2) is 0 Å². The first-order chi connectivity index (χ1) is 14.1. The molecule has 31 heavy (non-hydrogen) atoms. The summed E-state index contributed by atoms with van der Waals surface area (Å²) in [4.78, 5) is 24.7. The summed E-state index contributed by atoms with van der Waals surface area (Å²) in [5.74, 6) is -0.668. The highest BCUT2D eigenvalue weighted by Crippen LogP contribution is 2.25. The normalized spacial score (nSPS) is 12.4. The largest absolute Gasteiger partial charge is 0.326 e. The van der Waals surface area contributed by atoms with Gasteiger partial charge in [0.25, 0.3) is 5.91 Å². The first-order valence-electron chi connectivity index (χ1n) is 9.65. The van der Waals surface area contributed by atoms with E-state index in [-0.39, 0.29) is 21.4 Å². The first kappa shape index (κ1) is 24.8. The number of sulfonamides is 1. The Hall–Kier alpha value is -2.42. The van der Waals surface area contributed by atoms with Crippen LogP contribution in [0.1, 0.15) is 51.9 Å². The average Bonchev–Trinajstić information content (AvgIpc) is 2.59. The molecule has 9 heteroatoms. The fourth-order valence-electron chi connectivity index (χ4n) is 2.51. The lowest BCUT2D eigenvalue weighted by Crippen LogP contribution is -2.40. The summed E-state index contributed by atoms with van der Waals surface area (Å²) in [5.41, 5.74) is -0.164. The Kier molecular flexibility index (Phi) is 7.20. The molecule has 3 N–H and O–H groups in total. The Morgan fingerprint density at radius 2 is 1.45 bits per heavy atom. The second-order valence-electron chi connectivity index (χ2n) is 9.24. The zero-order valence-electron chi connectivity index (χ0n) is 18.5. The molecule has 2 aromatic rings. The molecule has 2 aromatic carbocycles. The predicted molar refractivity (Wildman–Crippen MR) is 124 cm³/mol. The molecule has 0 spiro atoms. The van der Waals surface area contributed by atoms with E-state index in [9.17, 15) is 18.0 Å². The van der Waals surface area contributed by atoms with Crippen molar-refractivity contribution >= 4 is 44.8 Å². The Labute approximate surface area is 188 Å². The van der Waals surface area contributed by atoms with Crippen molar-refractivity contribution in [3.63, 3.8) is 0 Å². The molecule has 0 saturated heterocycles. The van der Waals surface area contributed by atoms with Gasteiger partial charge in [-0.2, -0.15) is 0 Å². The van der Waals surface area contributed by atoms with Gasteiger partial charge in [-0.05, 0) is 57.2 Å². The van der Waals surface area contributed by atoms with Crippen molar-refractivity contribution in [3.05, 3.63) is 53.1 Å². The van der Waals surface area contributed by atoms with Crippen molar-refractivity contribution < 1.29 is 18.0 Å². The van der Waals surface area contributed by atoms with E-state index in [4.69, 9.17) is 11.6 Å². The lowest BCUT2D eigenvalue weighted by atomic mass is 9.95. The highest BCUT2D eigenvalue weighted by molar-refractivity contribution is 7.89. The summed E-state index contributed by atoms with van der Waals surface area (Å²) in [6, 6.07) is 10.7. The van der Waals surface area contributed by atoms with Crippen LogP contribution in [0, 0.1) is 5.41 Å². The lowest BCUT2D eigenvalue weighted by Gasteiger charge is -2.21. The number of carbonyl (C=O) groups is 2. The molecule has 168 valence electrons. The van der Waals surface area contributed by atoms with E-state index < -0.39 is 26.9 Å². The molecule has 0 atom stereocenters. The average molecular weight is 466 g/mol. The van der Waals surface area contributed by atoms with Crippen LogP contribution in [0.3, 0.4) is 0 Å². The molecular formula is C22H28ClN3O4S. The van der Waals surface area contributed by atoms with Crippen LogP contribution in [0.25, 0.3) is 0 Å². The van der Waals surface area contributed by atoms with Crippen LogP contribution in [0.4, 0.5) is 11.4 Å². The maximum atomic E-state index is 12.7. The monoisotopic (exact) mass is 465 g/mol. The molecule has 0 heterocycles. The summed E-state index contributed by atoms with van der Waals surface area (Å²) in [6.07, 6.45) is 0. The van der Waals surface area contributed by atoms with Crippen molar-refractivity contribution in [2.24, 2.45) is 5.41 Å². The van der Waals surface area contributed by atoms with Crippen LogP contribution in [-0.4, -0.2) is 25.8 Å². The van der Waals surface area contributed by atoms with E-state index in [0.717, 1.165) is 0 Å². The van der Waals surface area contributed by atoms with E-state index in [0.29, 0.717) is 11.4 Å². The van der Waals surface area contributed by atoms with Crippen LogP contribution in [0.2, 0.25) is 5.02 Å². The Bertz CT molecular complexity index is 1100. The Morgan fingerprint density at radius 1 is 0.871 bits per heavy atom. The quantitative estimate of drug-likeness (QED) is 0.597. The Morgan fingerprint density at radius 3 is 2.00 bits per heavy atom. The van der Waals surface area contributed by atoms with Gasteiger partial charge in [-0.25, -0.2) is 13.1 Å². The van der Waals surface area contributed by atoms with Gasteiger partial charge >= 0.3 is 0 Å². The molecule has 0 fully saturated rings. The number of benzene rings is 2. The number of hydrogen-bond acceptors (Lipinski definition) is 4. The van der Waals surface area contributed by atoms with Gasteiger partial charge in [-0.1, -0.05) is 38.4 Å². The third kappa shape index (κ3) is 7.05. The fourth-order valence-corrected chi connectivity index (χ4v) is 4.45. The second-order valence-corrected chi connectivity index (χ2v) is 11.3. The zero-order chi connectivity index (χ0) is 23.6. The number of carbonyl (C=O) groups excluding carboxylic acids is 2. The summed E-state index contributed by atoms with van der Waals surface area (Å²) in [6.45, 7) is 10.5. The minimum Gasteiger partial charge on any atom is -0.326 e. The van der Waals surface area contributed by atoms with Crippen molar-refractivity contribution in [1.29, 1.82) is 0 Å². The highest BCUT2D eigenvalue weighted by atomic mass is 35.5. The van der Waals surface area contributed by atoms with Gasteiger partial charge in [0, 0.05) is 27.9 Å². The summed E-state index contributed by atoms with van der Waals surface area (Å²) < 4.78 is 27.8. The molecular weight excluding hydrogens is 438 g/mol. The van der Waals surface area contributed by atoms with Crippen LogP contribution in [-0.2, 0) is 14.8 Å². The van der Waals surface area contributed by atoms with Crippen molar-refractivity contribution in [2.75, 3.05) is 10.6 Å². The zero-order valence-corrected chi connectivity index (χ0v) is 20.0. The molecule has 2 amide bonds. The highest BCUT2D eigenvalue weighted by Gasteiger charge is 2.25. The van der Waals surface area contributed by atoms with E-state index in [1.54, 1.807) is 65.8 Å². The number of rotatable bonds is 5. The van der Waals surface area contributed by atoms with Crippen LogP contribution < -0.4 is 15.4 Å². The van der Waals surface area contributed by atoms with Gasteiger partial charge in [0.1, 0.15) is 4.90 Å². The number of anilines is 2. The molecule has 0 unspecified atom stereocenters. The van der Waals surface area contributed by atoms with Crippen molar-refractivity contribution in [3.8, 4) is 0 Å². The molecule has 2 rings (SSSR count). The fraction of sp³-hybridized carbons (Fsp3) is 0.364. The summed E-state index contributed by atoms with van der Waals surface area (Å²) in [7, 11) is -3.92. The topological polar surface area (TPSA) is 104 Å². The second kappa shape index (κ2) is 8.98. The van der Waals surface area contributed by atoms with Gasteiger partial charge in [0.2, 0.25) is 15.9 Å². The standard InChI is InChI=1S/C22H28ClN3O4S/c1-21(2,3)20(28)25-16-9-7-8-15(13-16)24-19(27)14-10-11-17(23)18(12-14)31(29,30)26-22(4,5)6/h7-13,26H,1-6H3,(H,24,27)(H,25,28). The van der Waals surface area contributed by atoms with Crippen LogP contribution in [0.15, 0.2) is 47.4 Å². The van der Waals surface area contributed by atoms with E-state index in [1.807, 2.05) is 0 Å². The molecule has 0 aliphatic rings. The first-order valence-corrected chi connectivity index (χ1v) is 11.5. The van der Waals surface area contributed by atoms with E-state index >= 15 is 0 Å². The third-order valence-electron chi connectivity index (χ3n) is 3.98. The molecule has 0 saturated carbocycles. The Balaban J connectivity index is 2.26. The SMILES string of the molecule is CC(C)(C)NS(=O)(=O)c1cc(C(=O)Nc2cccc(NC(=O)C(C)(C)C)c2)ccc1Cl. The minimum absolute atomic E-state index is 0.0141. The third-order valence-corrected chi connectivity index (χ3v) is 6.22. The molecule has 0 aliphatic heterocycles. The molecule has 0 radical (unpaired) electrons. The predicted octanol–water partition coefficient (Wildman–Crippen LogP) is 4.65. The van der Waals surface area contributed by atoms with Crippen LogP contribution in [0.5, 0.6) is 0 Å². The molecule has 0 aromatic heterocycles. The molecule has 7 nitrogen and oxygen atoms in total. The van der Waals surface area contributed by atoms with Gasteiger partial charge < -0.3 is 10.6 Å². The van der Waals surface area contributed by atoms with Crippen LogP contribution >= 0.6 is 11.6 Å². The number of halogens is 1. The number of amides is 2. The lowest BCUT2D eigenvalue weighted by molar-refractivity contribution is -0.123.